The summed E-state index contributed by atoms with van der Waals surface area (Å²) in [6.07, 6.45) is 3.58. The molecule has 0 unspecified atom stereocenters. The number of hydrogen-bond donors (Lipinski definition) is 0. The van der Waals surface area contributed by atoms with E-state index in [4.69, 9.17) is 0 Å². The molecule has 0 bridgehead atoms. The Hall–Kier alpha value is -2.07. The summed E-state index contributed by atoms with van der Waals surface area (Å²) >= 11 is 1.58. The molecule has 0 N–H and O–H groups in total. The van der Waals surface area contributed by atoms with Crippen LogP contribution in [0.4, 0.5) is 5.69 Å². The van der Waals surface area contributed by atoms with Gasteiger partial charge in [0.25, 0.3) is 0 Å². The normalized spacial score (nSPS) is 15.7. The maximum Gasteiger partial charge on any atom is 0.205 e. The fourth-order valence-electron chi connectivity index (χ4n) is 4.36. The Balaban J connectivity index is 1.48. The lowest BCUT2D eigenvalue weighted by Gasteiger charge is -2.34. The van der Waals surface area contributed by atoms with Crippen LogP contribution >= 0.6 is 11.3 Å². The van der Waals surface area contributed by atoms with Crippen LogP contribution in [0.15, 0.2) is 29.8 Å². The lowest BCUT2D eigenvalue weighted by molar-refractivity contribution is 0.359. The van der Waals surface area contributed by atoms with E-state index in [1.54, 1.807) is 22.9 Å². The molecule has 1 aliphatic heterocycles. The van der Waals surface area contributed by atoms with Crippen LogP contribution in [0.3, 0.4) is 0 Å². The van der Waals surface area contributed by atoms with Gasteiger partial charge in [-0.2, -0.15) is 0 Å². The highest BCUT2D eigenvalue weighted by atomic mass is 32.1. The number of nitrogens with zero attached hydrogens (tertiary/aromatic N) is 2. The topological polar surface area (TPSA) is 36.0 Å². The molecule has 0 amide bonds. The molecule has 0 atom stereocenters. The lowest BCUT2D eigenvalue weighted by atomic mass is 9.86. The Morgan fingerprint density at radius 1 is 1.12 bits per heavy atom. The summed E-state index contributed by atoms with van der Waals surface area (Å²) in [6, 6.07) is 8.27. The SMILES string of the molecule is Cc1cc(C)c(CC2CCN(c3ccc([O])c4ncsc34)CC2)c(C)c1. The zero-order valence-corrected chi connectivity index (χ0v) is 16.5. The number of piperidine rings is 1. The average molecular weight is 366 g/mol. The van der Waals surface area contributed by atoms with E-state index in [0.717, 1.165) is 23.7 Å². The van der Waals surface area contributed by atoms with Gasteiger partial charge in [0.1, 0.15) is 5.52 Å². The lowest BCUT2D eigenvalue weighted by Crippen LogP contribution is -2.34. The van der Waals surface area contributed by atoms with Crippen molar-refractivity contribution in [1.29, 1.82) is 0 Å². The molecule has 135 valence electrons. The summed E-state index contributed by atoms with van der Waals surface area (Å²) < 4.78 is 1.04. The fourth-order valence-corrected chi connectivity index (χ4v) is 5.21. The van der Waals surface area contributed by atoms with Crippen LogP contribution in [0.1, 0.15) is 35.1 Å². The van der Waals surface area contributed by atoms with Crippen LogP contribution in [0.2, 0.25) is 0 Å². The third-order valence-corrected chi connectivity index (χ3v) is 6.56. The number of aryl methyl sites for hydroxylation is 3. The maximum atomic E-state index is 11.9. The Kier molecular flexibility index (Phi) is 4.62. The van der Waals surface area contributed by atoms with E-state index in [-0.39, 0.29) is 5.75 Å². The summed E-state index contributed by atoms with van der Waals surface area (Å²) in [6.45, 7) is 8.78. The molecule has 1 aromatic heterocycles. The van der Waals surface area contributed by atoms with Gasteiger partial charge < -0.3 is 4.90 Å². The number of anilines is 1. The number of benzene rings is 2. The molecule has 3 nitrogen and oxygen atoms in total. The first-order valence-electron chi connectivity index (χ1n) is 9.38. The van der Waals surface area contributed by atoms with Crippen molar-refractivity contribution in [2.24, 2.45) is 5.92 Å². The van der Waals surface area contributed by atoms with Gasteiger partial charge in [0.05, 0.1) is 15.9 Å². The van der Waals surface area contributed by atoms with E-state index >= 15 is 0 Å². The molecule has 0 saturated carbocycles. The molecule has 1 radical (unpaired) electrons. The predicted octanol–water partition coefficient (Wildman–Crippen LogP) is 5.82. The van der Waals surface area contributed by atoms with E-state index in [1.165, 1.54) is 47.2 Å². The zero-order valence-electron chi connectivity index (χ0n) is 15.7. The highest BCUT2D eigenvalue weighted by molar-refractivity contribution is 7.17. The van der Waals surface area contributed by atoms with Gasteiger partial charge in [0.15, 0.2) is 0 Å². The van der Waals surface area contributed by atoms with Gasteiger partial charge in [0.2, 0.25) is 5.75 Å². The van der Waals surface area contributed by atoms with E-state index < -0.39 is 0 Å². The van der Waals surface area contributed by atoms with Crippen molar-refractivity contribution in [3.05, 3.63) is 52.0 Å². The molecule has 0 spiro atoms. The Morgan fingerprint density at radius 2 is 1.81 bits per heavy atom. The first-order chi connectivity index (χ1) is 12.5. The molecule has 1 saturated heterocycles. The summed E-state index contributed by atoms with van der Waals surface area (Å²) in [5.74, 6) is 0.771. The van der Waals surface area contributed by atoms with Crippen LogP contribution in [0, 0.1) is 26.7 Å². The molecule has 26 heavy (non-hydrogen) atoms. The monoisotopic (exact) mass is 365 g/mol. The second-order valence-corrected chi connectivity index (χ2v) is 8.48. The summed E-state index contributed by atoms with van der Waals surface area (Å²) in [4.78, 5) is 6.69. The van der Waals surface area contributed by atoms with E-state index in [1.807, 2.05) is 6.07 Å². The Morgan fingerprint density at radius 3 is 2.50 bits per heavy atom. The van der Waals surface area contributed by atoms with Crippen molar-refractivity contribution in [2.75, 3.05) is 18.0 Å². The second-order valence-electron chi connectivity index (χ2n) is 7.62. The van der Waals surface area contributed by atoms with Crippen LogP contribution in [0.25, 0.3) is 10.2 Å². The molecule has 0 aliphatic carbocycles. The van der Waals surface area contributed by atoms with E-state index in [9.17, 15) is 5.11 Å². The minimum atomic E-state index is 0.0326. The number of aromatic nitrogens is 1. The standard InChI is InChI=1S/C22H25N2OS/c1-14-10-15(2)18(16(3)11-14)12-17-6-8-24(9-7-17)19-4-5-20(25)21-22(19)26-13-23-21/h4-5,10-11,13,17H,6-9,12H2,1-3H3. The molecule has 4 rings (SSSR count). The van der Waals surface area contributed by atoms with Crippen molar-refractivity contribution in [1.82, 2.24) is 4.98 Å². The third-order valence-electron chi connectivity index (χ3n) is 5.71. The van der Waals surface area contributed by atoms with Crippen LogP contribution in [-0.4, -0.2) is 18.1 Å². The predicted molar refractivity (Wildman–Crippen MR) is 109 cm³/mol. The van der Waals surface area contributed by atoms with Crippen LogP contribution < -0.4 is 4.90 Å². The Bertz CT molecular complexity index is 915. The molecular formula is C22H25N2OS. The maximum absolute atomic E-state index is 11.9. The van der Waals surface area contributed by atoms with Crippen molar-refractivity contribution in [2.45, 2.75) is 40.0 Å². The fraction of sp³-hybridized carbons (Fsp3) is 0.409. The Labute approximate surface area is 159 Å². The molecule has 1 aliphatic rings. The van der Waals surface area contributed by atoms with Crippen molar-refractivity contribution in [3.8, 4) is 5.75 Å². The number of hydrogen-bond acceptors (Lipinski definition) is 3. The number of thiazole rings is 1. The zero-order chi connectivity index (χ0) is 18.3. The number of fused-ring (bicyclic) bond motifs is 1. The van der Waals surface area contributed by atoms with Gasteiger partial charge in [0, 0.05) is 13.1 Å². The minimum absolute atomic E-state index is 0.0326. The molecule has 2 heterocycles. The molecule has 2 aromatic carbocycles. The van der Waals surface area contributed by atoms with Crippen molar-refractivity contribution >= 4 is 27.2 Å². The first-order valence-corrected chi connectivity index (χ1v) is 10.3. The van der Waals surface area contributed by atoms with Crippen LogP contribution in [-0.2, 0) is 11.5 Å². The van der Waals surface area contributed by atoms with Crippen molar-refractivity contribution < 1.29 is 5.11 Å². The smallest absolute Gasteiger partial charge is 0.205 e. The third kappa shape index (κ3) is 3.18. The van der Waals surface area contributed by atoms with Gasteiger partial charge in [-0.15, -0.1) is 11.3 Å². The number of rotatable bonds is 3. The summed E-state index contributed by atoms with van der Waals surface area (Å²) in [5.41, 5.74) is 9.35. The van der Waals surface area contributed by atoms with Gasteiger partial charge in [-0.1, -0.05) is 17.7 Å². The molecule has 4 heteroatoms. The highest BCUT2D eigenvalue weighted by Gasteiger charge is 2.23. The molecular weight excluding hydrogens is 340 g/mol. The highest BCUT2D eigenvalue weighted by Crippen LogP contribution is 2.37. The minimum Gasteiger partial charge on any atom is -0.370 e. The van der Waals surface area contributed by atoms with Gasteiger partial charge in [-0.25, -0.2) is 4.98 Å². The summed E-state index contributed by atoms with van der Waals surface area (Å²) in [7, 11) is 0. The van der Waals surface area contributed by atoms with Crippen molar-refractivity contribution in [3.63, 3.8) is 0 Å². The van der Waals surface area contributed by atoms with E-state index in [0.29, 0.717) is 5.52 Å². The summed E-state index contributed by atoms with van der Waals surface area (Å²) in [5, 5.41) is 11.9. The second kappa shape index (κ2) is 6.92. The van der Waals surface area contributed by atoms with Gasteiger partial charge in [-0.3, -0.25) is 5.11 Å². The van der Waals surface area contributed by atoms with Gasteiger partial charge >= 0.3 is 0 Å². The van der Waals surface area contributed by atoms with Gasteiger partial charge in [-0.05, 0) is 74.8 Å². The average Bonchev–Trinajstić information content (AvgIpc) is 3.10. The largest absolute Gasteiger partial charge is 0.370 e. The molecule has 3 aromatic rings. The first kappa shape index (κ1) is 17.3. The quantitative estimate of drug-likeness (QED) is 0.586. The van der Waals surface area contributed by atoms with E-state index in [2.05, 4.69) is 42.8 Å². The molecule has 1 fully saturated rings. The van der Waals surface area contributed by atoms with Crippen LogP contribution in [0.5, 0.6) is 5.75 Å².